The lowest BCUT2D eigenvalue weighted by Crippen LogP contribution is -2.70. The molecule has 1 atom stereocenters. The molecule has 3 aliphatic rings. The Morgan fingerprint density at radius 3 is 2.92 bits per heavy atom. The lowest BCUT2D eigenvalue weighted by Gasteiger charge is -2.54. The molecule has 2 saturated heterocycles. The minimum atomic E-state index is -1.61. The van der Waals surface area contributed by atoms with Crippen molar-refractivity contribution >= 4 is 5.91 Å². The first-order valence-corrected chi connectivity index (χ1v) is 9.13. The van der Waals surface area contributed by atoms with Gasteiger partial charge in [0.15, 0.2) is 5.67 Å². The van der Waals surface area contributed by atoms with E-state index >= 15 is 0 Å². The van der Waals surface area contributed by atoms with Crippen molar-refractivity contribution in [3.8, 4) is 0 Å². The van der Waals surface area contributed by atoms with Crippen LogP contribution in [0.2, 0.25) is 0 Å². The van der Waals surface area contributed by atoms with E-state index in [1.165, 1.54) is 0 Å². The van der Waals surface area contributed by atoms with Crippen LogP contribution in [0.1, 0.15) is 43.2 Å². The maximum atomic E-state index is 14.3. The fourth-order valence-electron chi connectivity index (χ4n) is 4.03. The van der Waals surface area contributed by atoms with Gasteiger partial charge in [0.05, 0.1) is 25.8 Å². The molecule has 4 rings (SSSR count). The van der Waals surface area contributed by atoms with Gasteiger partial charge in [0, 0.05) is 25.4 Å². The Bertz CT molecular complexity index is 656. The second kappa shape index (κ2) is 6.32. The largest absolute Gasteiger partial charge is 0.373 e. The molecule has 0 unspecified atom stereocenters. The van der Waals surface area contributed by atoms with Gasteiger partial charge in [0.1, 0.15) is 5.60 Å². The number of carbonyl (C=O) groups excluding carboxylic acids is 1. The second-order valence-corrected chi connectivity index (χ2v) is 7.81. The molecule has 5 nitrogen and oxygen atoms in total. The summed E-state index contributed by atoms with van der Waals surface area (Å²) >= 11 is 0. The van der Waals surface area contributed by atoms with Crippen molar-refractivity contribution in [1.82, 2.24) is 9.88 Å². The Hall–Kier alpha value is -1.53. The van der Waals surface area contributed by atoms with Crippen molar-refractivity contribution in [1.29, 1.82) is 0 Å². The van der Waals surface area contributed by atoms with Crippen LogP contribution >= 0.6 is 0 Å². The summed E-state index contributed by atoms with van der Waals surface area (Å²) in [5, 5.41) is 0. The van der Waals surface area contributed by atoms with Gasteiger partial charge in [-0.15, -0.1) is 0 Å². The normalized spacial score (nSPS) is 26.8. The minimum absolute atomic E-state index is 0.106. The third kappa shape index (κ3) is 3.29. The van der Waals surface area contributed by atoms with Crippen LogP contribution in [-0.2, 0) is 20.9 Å². The SMILES string of the molecule is Cc1cncc(CO[C@@H]2CCOC3(C2)CN(C(=O)C2(F)CCC2)C3)c1. The van der Waals surface area contributed by atoms with E-state index in [2.05, 4.69) is 11.1 Å². The molecule has 0 bridgehead atoms. The van der Waals surface area contributed by atoms with Crippen molar-refractivity contribution in [2.45, 2.75) is 63.0 Å². The van der Waals surface area contributed by atoms with Gasteiger partial charge < -0.3 is 14.4 Å². The van der Waals surface area contributed by atoms with Crippen LogP contribution in [0.5, 0.6) is 0 Å². The summed E-state index contributed by atoms with van der Waals surface area (Å²) in [5.41, 5.74) is 0.234. The number of pyridine rings is 1. The monoisotopic (exact) mass is 348 g/mol. The molecule has 3 fully saturated rings. The van der Waals surface area contributed by atoms with E-state index < -0.39 is 5.67 Å². The molecule has 2 aliphatic heterocycles. The molecule has 6 heteroatoms. The fourth-order valence-corrected chi connectivity index (χ4v) is 4.03. The lowest BCUT2D eigenvalue weighted by molar-refractivity contribution is -0.210. The van der Waals surface area contributed by atoms with E-state index in [4.69, 9.17) is 9.47 Å². The van der Waals surface area contributed by atoms with Crippen LogP contribution in [0.3, 0.4) is 0 Å². The molecule has 1 saturated carbocycles. The first-order chi connectivity index (χ1) is 12.0. The summed E-state index contributed by atoms with van der Waals surface area (Å²) in [5.74, 6) is -0.346. The van der Waals surface area contributed by atoms with Gasteiger partial charge in [-0.2, -0.15) is 0 Å². The molecule has 25 heavy (non-hydrogen) atoms. The number of hydrogen-bond acceptors (Lipinski definition) is 4. The third-order valence-electron chi connectivity index (χ3n) is 5.64. The molecule has 1 amide bonds. The van der Waals surface area contributed by atoms with Gasteiger partial charge >= 0.3 is 0 Å². The summed E-state index contributed by atoms with van der Waals surface area (Å²) < 4.78 is 26.3. The maximum Gasteiger partial charge on any atom is 0.260 e. The summed E-state index contributed by atoms with van der Waals surface area (Å²) in [7, 11) is 0. The lowest BCUT2D eigenvalue weighted by atomic mass is 9.78. The first kappa shape index (κ1) is 16.9. The number of likely N-dealkylation sites (tertiary alicyclic amines) is 1. The zero-order valence-corrected chi connectivity index (χ0v) is 14.7. The Labute approximate surface area is 147 Å². The van der Waals surface area contributed by atoms with Crippen molar-refractivity contribution in [3.63, 3.8) is 0 Å². The molecule has 1 aromatic rings. The molecule has 1 aromatic heterocycles. The van der Waals surface area contributed by atoms with Crippen molar-refractivity contribution < 1.29 is 18.7 Å². The zero-order valence-electron chi connectivity index (χ0n) is 14.7. The summed E-state index contributed by atoms with van der Waals surface area (Å²) in [4.78, 5) is 18.0. The highest BCUT2D eigenvalue weighted by Crippen LogP contribution is 2.42. The number of amides is 1. The molecule has 136 valence electrons. The highest BCUT2D eigenvalue weighted by molar-refractivity contribution is 5.87. The predicted octanol–water partition coefficient (Wildman–Crippen LogP) is 2.56. The van der Waals surface area contributed by atoms with Crippen LogP contribution in [0.25, 0.3) is 0 Å². The third-order valence-corrected chi connectivity index (χ3v) is 5.64. The average molecular weight is 348 g/mol. The molecular weight excluding hydrogens is 323 g/mol. The summed E-state index contributed by atoms with van der Waals surface area (Å²) in [6, 6.07) is 2.07. The van der Waals surface area contributed by atoms with E-state index in [1.54, 1.807) is 4.90 Å². The topological polar surface area (TPSA) is 51.7 Å². The molecular formula is C19H25FN2O3. The smallest absolute Gasteiger partial charge is 0.260 e. The quantitative estimate of drug-likeness (QED) is 0.839. The maximum absolute atomic E-state index is 14.3. The highest BCUT2D eigenvalue weighted by Gasteiger charge is 2.55. The van der Waals surface area contributed by atoms with Crippen molar-refractivity contribution in [2.75, 3.05) is 19.7 Å². The van der Waals surface area contributed by atoms with Crippen LogP contribution in [0, 0.1) is 6.92 Å². The van der Waals surface area contributed by atoms with Crippen LogP contribution in [0.15, 0.2) is 18.5 Å². The van der Waals surface area contributed by atoms with Gasteiger partial charge in [-0.3, -0.25) is 9.78 Å². The number of halogens is 1. The minimum Gasteiger partial charge on any atom is -0.373 e. The molecule has 0 aromatic carbocycles. The van der Waals surface area contributed by atoms with E-state index in [-0.39, 0.29) is 17.6 Å². The highest BCUT2D eigenvalue weighted by atomic mass is 19.1. The van der Waals surface area contributed by atoms with Crippen molar-refractivity contribution in [3.05, 3.63) is 29.6 Å². The van der Waals surface area contributed by atoms with E-state index in [0.29, 0.717) is 39.1 Å². The van der Waals surface area contributed by atoms with E-state index in [1.807, 2.05) is 19.3 Å². The molecule has 1 aliphatic carbocycles. The molecule has 3 heterocycles. The van der Waals surface area contributed by atoms with Crippen molar-refractivity contribution in [2.24, 2.45) is 0 Å². The Balaban J connectivity index is 1.29. The van der Waals surface area contributed by atoms with Gasteiger partial charge in [0.25, 0.3) is 5.91 Å². The van der Waals surface area contributed by atoms with E-state index in [9.17, 15) is 9.18 Å². The molecule has 0 radical (unpaired) electrons. The van der Waals surface area contributed by atoms with Gasteiger partial charge in [-0.05, 0) is 43.7 Å². The van der Waals surface area contributed by atoms with E-state index in [0.717, 1.165) is 30.4 Å². The van der Waals surface area contributed by atoms with Crippen LogP contribution < -0.4 is 0 Å². The van der Waals surface area contributed by atoms with Crippen LogP contribution in [0.4, 0.5) is 4.39 Å². The first-order valence-electron chi connectivity index (χ1n) is 9.13. The zero-order chi connectivity index (χ0) is 17.5. The Morgan fingerprint density at radius 2 is 2.24 bits per heavy atom. The molecule has 1 spiro atoms. The number of carbonyl (C=O) groups is 1. The predicted molar refractivity (Wildman–Crippen MR) is 89.7 cm³/mol. The number of hydrogen-bond donors (Lipinski definition) is 0. The summed E-state index contributed by atoms with van der Waals surface area (Å²) in [6.45, 7) is 4.15. The number of nitrogens with zero attached hydrogens (tertiary/aromatic N) is 2. The number of aromatic nitrogens is 1. The number of alkyl halides is 1. The standard InChI is InChI=1S/C19H25FN2O3/c1-14-7-15(10-21-9-14)11-24-16-3-6-25-18(8-16)12-22(13-18)17(23)19(20)4-2-5-19/h7,9-10,16H,2-6,8,11-13H2,1H3/t16-/m1/s1. The summed E-state index contributed by atoms with van der Waals surface area (Å²) in [6.07, 6.45) is 6.91. The number of aryl methyl sites for hydroxylation is 1. The second-order valence-electron chi connectivity index (χ2n) is 7.81. The van der Waals surface area contributed by atoms with Gasteiger partial charge in [-0.1, -0.05) is 6.07 Å². The molecule has 0 N–H and O–H groups in total. The Morgan fingerprint density at radius 1 is 1.44 bits per heavy atom. The van der Waals surface area contributed by atoms with Gasteiger partial charge in [0.2, 0.25) is 0 Å². The number of rotatable bonds is 4. The number of ether oxygens (including phenoxy) is 2. The van der Waals surface area contributed by atoms with Gasteiger partial charge in [-0.25, -0.2) is 4.39 Å². The fraction of sp³-hybridized carbons (Fsp3) is 0.684. The average Bonchev–Trinajstić information content (AvgIpc) is 2.55. The van der Waals surface area contributed by atoms with Crippen LogP contribution in [-0.4, -0.2) is 52.9 Å². The Kier molecular flexibility index (Phi) is 4.28.